The van der Waals surface area contributed by atoms with E-state index >= 15 is 0 Å². The summed E-state index contributed by atoms with van der Waals surface area (Å²) in [6.45, 7) is 6.38. The smallest absolute Gasteiger partial charge is 0.181 e. The molecule has 1 fully saturated rings. The molecule has 0 amide bonds. The molecule has 2 aromatic heterocycles. The van der Waals surface area contributed by atoms with Crippen molar-refractivity contribution < 1.29 is 0 Å². The van der Waals surface area contributed by atoms with E-state index < -0.39 is 0 Å². The highest BCUT2D eigenvalue weighted by Crippen LogP contribution is 2.31. The SMILES string of the molecule is CC1CN(c2ncnc(-n3cccn3)c2N)CC(C)S1. The number of aromatic nitrogens is 4. The average Bonchev–Trinajstić information content (AvgIpc) is 2.91. The lowest BCUT2D eigenvalue weighted by molar-refractivity contribution is 0.716. The van der Waals surface area contributed by atoms with E-state index in [1.54, 1.807) is 17.2 Å². The number of hydrogen-bond donors (Lipinski definition) is 1. The standard InChI is InChI=1S/C13H18N6S/c1-9-6-18(7-10(2)20-9)12-11(14)13(16-8-15-12)19-5-3-4-17-19/h3-5,8-10H,6-7,14H2,1-2H3. The summed E-state index contributed by atoms with van der Waals surface area (Å²) < 4.78 is 1.67. The van der Waals surface area contributed by atoms with Gasteiger partial charge in [0, 0.05) is 36.0 Å². The summed E-state index contributed by atoms with van der Waals surface area (Å²) in [5, 5.41) is 5.33. The molecule has 2 N–H and O–H groups in total. The largest absolute Gasteiger partial charge is 0.393 e. The number of nitrogen functional groups attached to an aromatic ring is 1. The average molecular weight is 290 g/mol. The predicted octanol–water partition coefficient (Wildman–Crippen LogP) is 1.57. The van der Waals surface area contributed by atoms with Crippen LogP contribution in [0.1, 0.15) is 13.8 Å². The van der Waals surface area contributed by atoms with Gasteiger partial charge in [-0.05, 0) is 6.07 Å². The zero-order valence-corrected chi connectivity index (χ0v) is 12.4. The Morgan fingerprint density at radius 1 is 1.20 bits per heavy atom. The monoisotopic (exact) mass is 290 g/mol. The first-order valence-electron chi connectivity index (χ1n) is 6.66. The predicted molar refractivity (Wildman–Crippen MR) is 82.3 cm³/mol. The second kappa shape index (κ2) is 5.32. The lowest BCUT2D eigenvalue weighted by Crippen LogP contribution is -2.41. The summed E-state index contributed by atoms with van der Waals surface area (Å²) in [4.78, 5) is 10.9. The van der Waals surface area contributed by atoms with E-state index in [4.69, 9.17) is 5.73 Å². The van der Waals surface area contributed by atoms with Crippen LogP contribution in [0.25, 0.3) is 5.82 Å². The van der Waals surface area contributed by atoms with Crippen LogP contribution < -0.4 is 10.6 Å². The molecule has 6 nitrogen and oxygen atoms in total. The third-order valence-corrected chi connectivity index (χ3v) is 4.51. The molecule has 1 saturated heterocycles. The van der Waals surface area contributed by atoms with Gasteiger partial charge < -0.3 is 10.6 Å². The number of rotatable bonds is 2. The molecular weight excluding hydrogens is 272 g/mol. The summed E-state index contributed by atoms with van der Waals surface area (Å²) >= 11 is 2.00. The van der Waals surface area contributed by atoms with Crippen LogP contribution in [0, 0.1) is 0 Å². The fourth-order valence-electron chi connectivity index (χ4n) is 2.56. The summed E-state index contributed by atoms with van der Waals surface area (Å²) in [5.41, 5.74) is 6.85. The number of thioether (sulfide) groups is 1. The zero-order chi connectivity index (χ0) is 14.1. The summed E-state index contributed by atoms with van der Waals surface area (Å²) in [6, 6.07) is 1.85. The Labute approximate surface area is 122 Å². The molecule has 106 valence electrons. The van der Waals surface area contributed by atoms with E-state index in [-0.39, 0.29) is 0 Å². The van der Waals surface area contributed by atoms with Crippen molar-refractivity contribution in [2.24, 2.45) is 0 Å². The summed E-state index contributed by atoms with van der Waals surface area (Å²) in [6.07, 6.45) is 5.10. The van der Waals surface area contributed by atoms with E-state index in [9.17, 15) is 0 Å². The maximum Gasteiger partial charge on any atom is 0.181 e. The van der Waals surface area contributed by atoms with E-state index in [2.05, 4.69) is 33.8 Å². The lowest BCUT2D eigenvalue weighted by Gasteiger charge is -2.35. The molecule has 1 aliphatic heterocycles. The van der Waals surface area contributed by atoms with Crippen LogP contribution in [0.5, 0.6) is 0 Å². The van der Waals surface area contributed by atoms with Gasteiger partial charge in [-0.3, -0.25) is 0 Å². The fourth-order valence-corrected chi connectivity index (χ4v) is 3.88. The van der Waals surface area contributed by atoms with Crippen LogP contribution in [-0.4, -0.2) is 43.3 Å². The number of nitrogens with two attached hydrogens (primary N) is 1. The quantitative estimate of drug-likeness (QED) is 0.905. The van der Waals surface area contributed by atoms with Gasteiger partial charge in [0.05, 0.1) is 0 Å². The van der Waals surface area contributed by atoms with Gasteiger partial charge in [-0.2, -0.15) is 16.9 Å². The molecule has 20 heavy (non-hydrogen) atoms. The Hall–Kier alpha value is -1.76. The maximum atomic E-state index is 6.26. The minimum Gasteiger partial charge on any atom is -0.393 e. The topological polar surface area (TPSA) is 72.9 Å². The Kier molecular flexibility index (Phi) is 3.52. The van der Waals surface area contributed by atoms with Gasteiger partial charge in [-0.15, -0.1) is 0 Å². The Bertz CT molecular complexity index is 575. The molecule has 0 aliphatic carbocycles. The minimum atomic E-state index is 0.571. The van der Waals surface area contributed by atoms with Gasteiger partial charge in [0.15, 0.2) is 11.6 Å². The molecule has 2 unspecified atom stereocenters. The molecule has 3 heterocycles. The Morgan fingerprint density at radius 3 is 2.55 bits per heavy atom. The molecule has 7 heteroatoms. The highest BCUT2D eigenvalue weighted by atomic mass is 32.2. The minimum absolute atomic E-state index is 0.571. The van der Waals surface area contributed by atoms with Crippen LogP contribution in [0.4, 0.5) is 11.5 Å². The van der Waals surface area contributed by atoms with Crippen LogP contribution in [0.15, 0.2) is 24.8 Å². The summed E-state index contributed by atoms with van der Waals surface area (Å²) in [7, 11) is 0. The number of anilines is 2. The van der Waals surface area contributed by atoms with Crippen molar-refractivity contribution in [2.75, 3.05) is 23.7 Å². The molecule has 0 bridgehead atoms. The fraction of sp³-hybridized carbons (Fsp3) is 0.462. The maximum absolute atomic E-state index is 6.26. The van der Waals surface area contributed by atoms with Gasteiger partial charge in [0.25, 0.3) is 0 Å². The lowest BCUT2D eigenvalue weighted by atomic mass is 10.3. The third kappa shape index (κ3) is 2.45. The zero-order valence-electron chi connectivity index (χ0n) is 11.6. The van der Waals surface area contributed by atoms with E-state index in [0.29, 0.717) is 22.0 Å². The first-order chi connectivity index (χ1) is 9.65. The molecule has 3 rings (SSSR count). The van der Waals surface area contributed by atoms with Crippen LogP contribution >= 0.6 is 11.8 Å². The van der Waals surface area contributed by atoms with Crippen molar-refractivity contribution in [3.8, 4) is 5.82 Å². The Balaban J connectivity index is 1.96. The first-order valence-corrected chi connectivity index (χ1v) is 7.60. The second-order valence-electron chi connectivity index (χ2n) is 5.05. The van der Waals surface area contributed by atoms with Crippen molar-refractivity contribution >= 4 is 23.3 Å². The van der Waals surface area contributed by atoms with E-state index in [0.717, 1.165) is 18.9 Å². The van der Waals surface area contributed by atoms with Gasteiger partial charge in [0.1, 0.15) is 12.0 Å². The molecule has 1 aliphatic rings. The Morgan fingerprint density at radius 2 is 1.90 bits per heavy atom. The van der Waals surface area contributed by atoms with Crippen LogP contribution in [-0.2, 0) is 0 Å². The van der Waals surface area contributed by atoms with Crippen LogP contribution in [0.3, 0.4) is 0 Å². The van der Waals surface area contributed by atoms with Crippen molar-refractivity contribution in [3.63, 3.8) is 0 Å². The van der Waals surface area contributed by atoms with Crippen molar-refractivity contribution in [3.05, 3.63) is 24.8 Å². The number of hydrogen-bond acceptors (Lipinski definition) is 6. The normalized spacial score (nSPS) is 23.0. The highest BCUT2D eigenvalue weighted by Gasteiger charge is 2.25. The third-order valence-electron chi connectivity index (χ3n) is 3.28. The van der Waals surface area contributed by atoms with Gasteiger partial charge >= 0.3 is 0 Å². The van der Waals surface area contributed by atoms with Crippen molar-refractivity contribution in [2.45, 2.75) is 24.3 Å². The number of nitrogens with zero attached hydrogens (tertiary/aromatic N) is 5. The molecule has 0 spiro atoms. The highest BCUT2D eigenvalue weighted by molar-refractivity contribution is 8.00. The first kappa shape index (κ1) is 13.2. The molecule has 2 atom stereocenters. The molecule has 0 saturated carbocycles. The molecule has 2 aromatic rings. The van der Waals surface area contributed by atoms with Gasteiger partial charge in [-0.25, -0.2) is 14.6 Å². The van der Waals surface area contributed by atoms with Crippen molar-refractivity contribution in [1.29, 1.82) is 0 Å². The molecular formula is C13H18N6S. The second-order valence-corrected chi connectivity index (χ2v) is 6.93. The van der Waals surface area contributed by atoms with Crippen molar-refractivity contribution in [1.82, 2.24) is 19.7 Å². The van der Waals surface area contributed by atoms with E-state index in [1.165, 1.54) is 0 Å². The van der Waals surface area contributed by atoms with Crippen LogP contribution in [0.2, 0.25) is 0 Å². The molecule has 0 aromatic carbocycles. The van der Waals surface area contributed by atoms with Gasteiger partial charge in [-0.1, -0.05) is 13.8 Å². The molecule has 0 radical (unpaired) electrons. The van der Waals surface area contributed by atoms with E-state index in [1.807, 2.05) is 24.0 Å². The summed E-state index contributed by atoms with van der Waals surface area (Å²) in [5.74, 6) is 1.45. The van der Waals surface area contributed by atoms with Gasteiger partial charge in [0.2, 0.25) is 0 Å².